The predicted octanol–water partition coefficient (Wildman–Crippen LogP) is 4.04. The van der Waals surface area contributed by atoms with E-state index in [0.717, 1.165) is 58.4 Å². The molecule has 1 aliphatic carbocycles. The van der Waals surface area contributed by atoms with E-state index in [2.05, 4.69) is 35.2 Å². The zero-order valence-corrected chi connectivity index (χ0v) is 19.2. The minimum atomic E-state index is -0.457. The summed E-state index contributed by atoms with van der Waals surface area (Å²) in [5.41, 5.74) is 1.24. The zero-order chi connectivity index (χ0) is 21.7. The number of nitrogens with zero attached hydrogens (tertiary/aromatic N) is 2. The summed E-state index contributed by atoms with van der Waals surface area (Å²) < 4.78 is 17.7. The molecule has 0 aromatic heterocycles. The number of hydrogen-bond donors (Lipinski definition) is 0. The second-order valence-electron chi connectivity index (χ2n) is 11.1. The highest BCUT2D eigenvalue weighted by Crippen LogP contribution is 2.61. The van der Waals surface area contributed by atoms with Gasteiger partial charge >= 0.3 is 6.09 Å². The fourth-order valence-electron chi connectivity index (χ4n) is 6.36. The Balaban J connectivity index is 1.33. The van der Waals surface area contributed by atoms with Crippen molar-refractivity contribution in [2.45, 2.75) is 64.4 Å². The van der Waals surface area contributed by atoms with Crippen LogP contribution >= 0.6 is 0 Å². The van der Waals surface area contributed by atoms with Crippen LogP contribution in [0.4, 0.5) is 4.79 Å². The van der Waals surface area contributed by atoms with Crippen molar-refractivity contribution in [3.63, 3.8) is 0 Å². The first-order valence-electron chi connectivity index (χ1n) is 11.7. The fourth-order valence-corrected chi connectivity index (χ4v) is 6.36. The second kappa shape index (κ2) is 7.46. The quantitative estimate of drug-likeness (QED) is 0.712. The van der Waals surface area contributed by atoms with E-state index >= 15 is 0 Å². The van der Waals surface area contributed by atoms with Gasteiger partial charge in [-0.05, 0) is 44.6 Å². The summed E-state index contributed by atoms with van der Waals surface area (Å²) >= 11 is 0. The Kier molecular flexibility index (Phi) is 5.11. The summed E-state index contributed by atoms with van der Waals surface area (Å²) in [4.78, 5) is 17.2. The molecular weight excluding hydrogens is 392 g/mol. The average molecular weight is 429 g/mol. The fraction of sp³-hybridized carbons (Fsp3) is 0.720. The van der Waals surface area contributed by atoms with E-state index in [1.54, 1.807) is 0 Å². The van der Waals surface area contributed by atoms with E-state index < -0.39 is 5.60 Å². The van der Waals surface area contributed by atoms with Gasteiger partial charge in [0.05, 0.1) is 13.2 Å². The Morgan fingerprint density at radius 2 is 1.55 bits per heavy atom. The molecule has 3 aliphatic heterocycles. The van der Waals surface area contributed by atoms with Crippen LogP contribution in [0.15, 0.2) is 30.3 Å². The van der Waals surface area contributed by atoms with Crippen LogP contribution in [0.25, 0.3) is 0 Å². The highest BCUT2D eigenvalue weighted by molar-refractivity contribution is 5.69. The molecule has 3 saturated heterocycles. The number of benzene rings is 1. The van der Waals surface area contributed by atoms with Gasteiger partial charge in [-0.1, -0.05) is 30.3 Å². The summed E-state index contributed by atoms with van der Waals surface area (Å²) in [6.45, 7) is 11.9. The van der Waals surface area contributed by atoms with Gasteiger partial charge in [0.2, 0.25) is 0 Å². The molecule has 1 amide bonds. The van der Waals surface area contributed by atoms with Crippen molar-refractivity contribution < 1.29 is 19.0 Å². The van der Waals surface area contributed by atoms with Crippen molar-refractivity contribution in [1.82, 2.24) is 9.80 Å². The van der Waals surface area contributed by atoms with E-state index in [1.165, 1.54) is 5.56 Å². The number of amides is 1. The van der Waals surface area contributed by atoms with Gasteiger partial charge in [0, 0.05) is 51.0 Å². The molecule has 31 heavy (non-hydrogen) atoms. The van der Waals surface area contributed by atoms with Crippen LogP contribution in [0.3, 0.4) is 0 Å². The maximum Gasteiger partial charge on any atom is 0.410 e. The Bertz CT molecular complexity index is 797. The lowest BCUT2D eigenvalue weighted by molar-refractivity contribution is -0.207. The van der Waals surface area contributed by atoms with Gasteiger partial charge in [0.1, 0.15) is 5.60 Å². The molecule has 0 radical (unpaired) electrons. The number of fused-ring (bicyclic) bond motifs is 1. The molecule has 6 nitrogen and oxygen atoms in total. The molecule has 1 aromatic carbocycles. The molecule has 6 heteroatoms. The third-order valence-electron chi connectivity index (χ3n) is 7.85. The van der Waals surface area contributed by atoms with Crippen molar-refractivity contribution >= 4 is 6.09 Å². The molecule has 0 atom stereocenters. The van der Waals surface area contributed by atoms with Crippen molar-refractivity contribution in [2.24, 2.45) is 10.8 Å². The van der Waals surface area contributed by atoms with Crippen LogP contribution in [0.2, 0.25) is 0 Å². The number of rotatable bonds is 2. The molecule has 0 N–H and O–H groups in total. The van der Waals surface area contributed by atoms with Gasteiger partial charge in [0.15, 0.2) is 5.79 Å². The van der Waals surface area contributed by atoms with Crippen molar-refractivity contribution in [3.8, 4) is 0 Å². The molecular formula is C25H36N2O4. The van der Waals surface area contributed by atoms with Crippen LogP contribution < -0.4 is 0 Å². The normalized spacial score (nSPS) is 26.5. The van der Waals surface area contributed by atoms with E-state index in [0.29, 0.717) is 13.2 Å². The summed E-state index contributed by atoms with van der Waals surface area (Å²) in [7, 11) is 0. The van der Waals surface area contributed by atoms with E-state index in [1.807, 2.05) is 25.7 Å². The molecule has 170 valence electrons. The minimum absolute atomic E-state index is 0.138. The standard InChI is InChI=1S/C25H36N2O4/c1-22(2,3)31-21(28)27-18-24(19-27)17-26(15-20-7-5-4-6-8-20)16-23(24)9-11-25(12-10-23)29-13-14-30-25/h4-8H,9-19H2,1-3H3. The van der Waals surface area contributed by atoms with Crippen LogP contribution in [0.5, 0.6) is 0 Å². The summed E-state index contributed by atoms with van der Waals surface area (Å²) in [5.74, 6) is -0.353. The van der Waals surface area contributed by atoms with Crippen molar-refractivity contribution in [1.29, 1.82) is 0 Å². The molecule has 1 aromatic rings. The smallest absolute Gasteiger partial charge is 0.410 e. The molecule has 1 saturated carbocycles. The predicted molar refractivity (Wildman–Crippen MR) is 117 cm³/mol. The first kappa shape index (κ1) is 21.2. The highest BCUT2D eigenvalue weighted by atomic mass is 16.7. The molecule has 4 aliphatic rings. The molecule has 0 unspecified atom stereocenters. The third-order valence-corrected chi connectivity index (χ3v) is 7.85. The minimum Gasteiger partial charge on any atom is -0.444 e. The third kappa shape index (κ3) is 3.87. The van der Waals surface area contributed by atoms with Crippen molar-refractivity contribution in [2.75, 3.05) is 39.4 Å². The van der Waals surface area contributed by atoms with Crippen LogP contribution in [0, 0.1) is 10.8 Å². The lowest BCUT2D eigenvalue weighted by Crippen LogP contribution is -2.67. The topological polar surface area (TPSA) is 51.2 Å². The van der Waals surface area contributed by atoms with E-state index in [-0.39, 0.29) is 22.7 Å². The van der Waals surface area contributed by atoms with Gasteiger partial charge in [-0.15, -0.1) is 0 Å². The number of carbonyl (C=O) groups excluding carboxylic acids is 1. The molecule has 5 rings (SSSR count). The lowest BCUT2D eigenvalue weighted by atomic mass is 9.55. The molecule has 0 bridgehead atoms. The van der Waals surface area contributed by atoms with Crippen LogP contribution in [0.1, 0.15) is 52.0 Å². The highest BCUT2D eigenvalue weighted by Gasteiger charge is 2.65. The van der Waals surface area contributed by atoms with Crippen LogP contribution in [-0.4, -0.2) is 66.7 Å². The van der Waals surface area contributed by atoms with Gasteiger partial charge < -0.3 is 19.1 Å². The first-order valence-corrected chi connectivity index (χ1v) is 11.7. The van der Waals surface area contributed by atoms with Crippen LogP contribution in [-0.2, 0) is 20.8 Å². The molecule has 3 spiro atoms. The Morgan fingerprint density at radius 3 is 2.16 bits per heavy atom. The van der Waals surface area contributed by atoms with Gasteiger partial charge in [-0.3, -0.25) is 4.90 Å². The number of carbonyl (C=O) groups is 1. The Labute approximate surface area is 185 Å². The van der Waals surface area contributed by atoms with Gasteiger partial charge in [0.25, 0.3) is 0 Å². The lowest BCUT2D eigenvalue weighted by Gasteiger charge is -2.58. The number of ether oxygens (including phenoxy) is 3. The molecule has 4 fully saturated rings. The Hall–Kier alpha value is -1.63. The largest absolute Gasteiger partial charge is 0.444 e. The summed E-state index contributed by atoms with van der Waals surface area (Å²) in [6.07, 6.45) is 3.94. The van der Waals surface area contributed by atoms with E-state index in [4.69, 9.17) is 14.2 Å². The molecule has 3 heterocycles. The van der Waals surface area contributed by atoms with Gasteiger partial charge in [-0.25, -0.2) is 4.79 Å². The SMILES string of the molecule is CC(C)(C)OC(=O)N1CC2(CN(Cc3ccccc3)CC23CCC2(CC3)OCCO2)C1. The first-order chi connectivity index (χ1) is 14.7. The van der Waals surface area contributed by atoms with E-state index in [9.17, 15) is 4.79 Å². The Morgan fingerprint density at radius 1 is 0.935 bits per heavy atom. The second-order valence-corrected chi connectivity index (χ2v) is 11.1. The monoisotopic (exact) mass is 428 g/mol. The van der Waals surface area contributed by atoms with Crippen molar-refractivity contribution in [3.05, 3.63) is 35.9 Å². The number of hydrogen-bond acceptors (Lipinski definition) is 5. The maximum atomic E-state index is 12.7. The summed E-state index contributed by atoms with van der Waals surface area (Å²) in [6, 6.07) is 10.7. The number of likely N-dealkylation sites (tertiary alicyclic amines) is 2. The maximum absolute atomic E-state index is 12.7. The summed E-state index contributed by atoms with van der Waals surface area (Å²) in [5, 5.41) is 0. The van der Waals surface area contributed by atoms with Gasteiger partial charge in [-0.2, -0.15) is 0 Å². The zero-order valence-electron chi connectivity index (χ0n) is 19.2. The average Bonchev–Trinajstić information content (AvgIpc) is 3.26.